The van der Waals surface area contributed by atoms with Crippen molar-refractivity contribution in [1.29, 1.82) is 0 Å². The number of amides is 1. The minimum absolute atomic E-state index is 0.0330. The highest BCUT2D eigenvalue weighted by atomic mass is 16.1. The molecule has 5 nitrogen and oxygen atoms in total. The second kappa shape index (κ2) is 7.06. The number of aromatic amines is 1. The lowest BCUT2D eigenvalue weighted by atomic mass is 10.0. The van der Waals surface area contributed by atoms with Gasteiger partial charge in [0.1, 0.15) is 5.82 Å². The number of carbonyl (C=O) groups is 1. The first-order valence-corrected chi connectivity index (χ1v) is 6.10. The van der Waals surface area contributed by atoms with E-state index < -0.39 is 0 Å². The van der Waals surface area contributed by atoms with Crippen LogP contribution in [0.15, 0.2) is 12.4 Å². The molecule has 0 saturated carbocycles. The molecule has 0 radical (unpaired) electrons. The Morgan fingerprint density at radius 3 is 2.94 bits per heavy atom. The van der Waals surface area contributed by atoms with Gasteiger partial charge in [-0.2, -0.15) is 0 Å². The summed E-state index contributed by atoms with van der Waals surface area (Å²) >= 11 is 0. The van der Waals surface area contributed by atoms with Crippen LogP contribution in [0.5, 0.6) is 0 Å². The lowest BCUT2D eigenvalue weighted by Gasteiger charge is -2.14. The lowest BCUT2D eigenvalue weighted by molar-refractivity contribution is -0.121. The van der Waals surface area contributed by atoms with Crippen LogP contribution in [-0.4, -0.2) is 28.5 Å². The van der Waals surface area contributed by atoms with Crippen molar-refractivity contribution >= 4 is 5.91 Å². The predicted octanol–water partition coefficient (Wildman–Crippen LogP) is 0.832. The summed E-state index contributed by atoms with van der Waals surface area (Å²) < 4.78 is 0. The summed E-state index contributed by atoms with van der Waals surface area (Å²) in [5.74, 6) is 1.33. The van der Waals surface area contributed by atoms with Crippen molar-refractivity contribution in [3.8, 4) is 0 Å². The summed E-state index contributed by atoms with van der Waals surface area (Å²) in [6, 6.07) is -0.0555. The molecular formula is C12H22N4O. The molecule has 1 unspecified atom stereocenters. The van der Waals surface area contributed by atoms with Crippen LogP contribution in [-0.2, 0) is 11.2 Å². The Kier molecular flexibility index (Phi) is 5.69. The molecule has 0 bridgehead atoms. The predicted molar refractivity (Wildman–Crippen MR) is 67.3 cm³/mol. The highest BCUT2D eigenvalue weighted by Crippen LogP contribution is 2.02. The van der Waals surface area contributed by atoms with Crippen LogP contribution < -0.4 is 11.1 Å². The normalized spacial score (nSPS) is 12.7. The van der Waals surface area contributed by atoms with E-state index in [1.807, 2.05) is 13.8 Å². The number of imidazole rings is 1. The number of hydrogen-bond acceptors (Lipinski definition) is 3. The third kappa shape index (κ3) is 5.49. The molecule has 0 aliphatic carbocycles. The molecule has 0 aromatic carbocycles. The smallest absolute Gasteiger partial charge is 0.221 e. The van der Waals surface area contributed by atoms with Crippen LogP contribution in [0.2, 0.25) is 0 Å². The van der Waals surface area contributed by atoms with Crippen LogP contribution in [0.3, 0.4) is 0 Å². The standard InChI is InChI=1S/C12H22N4O/c1-9(2)10(13)8-12(17)16-5-3-4-11-14-6-7-15-11/h6-7,9-10H,3-5,8,13H2,1-2H3,(H,14,15)(H,16,17). The average molecular weight is 238 g/mol. The van der Waals surface area contributed by atoms with Gasteiger partial charge >= 0.3 is 0 Å². The lowest BCUT2D eigenvalue weighted by Crippen LogP contribution is -2.35. The summed E-state index contributed by atoms with van der Waals surface area (Å²) in [4.78, 5) is 18.6. The Hall–Kier alpha value is -1.36. The SMILES string of the molecule is CC(C)C(N)CC(=O)NCCCc1ncc[nH]1. The molecule has 4 N–H and O–H groups in total. The van der Waals surface area contributed by atoms with Gasteiger partial charge in [-0.1, -0.05) is 13.8 Å². The second-order valence-electron chi connectivity index (χ2n) is 4.60. The molecule has 0 aliphatic rings. The van der Waals surface area contributed by atoms with Crippen LogP contribution in [0.4, 0.5) is 0 Å². The molecule has 1 atom stereocenters. The minimum atomic E-state index is -0.0555. The Balaban J connectivity index is 2.08. The van der Waals surface area contributed by atoms with E-state index in [9.17, 15) is 4.79 Å². The van der Waals surface area contributed by atoms with E-state index in [2.05, 4.69) is 15.3 Å². The molecule has 1 aromatic rings. The van der Waals surface area contributed by atoms with E-state index in [-0.39, 0.29) is 11.9 Å². The fourth-order valence-electron chi connectivity index (χ4n) is 1.44. The maximum atomic E-state index is 11.5. The number of aromatic nitrogens is 2. The zero-order valence-electron chi connectivity index (χ0n) is 10.6. The first kappa shape index (κ1) is 13.7. The Labute approximate surface area is 102 Å². The molecule has 1 aromatic heterocycles. The van der Waals surface area contributed by atoms with E-state index in [0.29, 0.717) is 18.9 Å². The van der Waals surface area contributed by atoms with Gasteiger partial charge in [0.05, 0.1) is 0 Å². The van der Waals surface area contributed by atoms with Gasteiger partial charge in [-0.15, -0.1) is 0 Å². The zero-order valence-corrected chi connectivity index (χ0v) is 10.6. The molecule has 17 heavy (non-hydrogen) atoms. The van der Waals surface area contributed by atoms with Crippen LogP contribution in [0.25, 0.3) is 0 Å². The third-order valence-electron chi connectivity index (χ3n) is 2.74. The summed E-state index contributed by atoms with van der Waals surface area (Å²) in [6.45, 7) is 4.72. The monoisotopic (exact) mass is 238 g/mol. The molecule has 96 valence electrons. The van der Waals surface area contributed by atoms with Gasteiger partial charge < -0.3 is 16.0 Å². The van der Waals surface area contributed by atoms with Crippen molar-refractivity contribution in [1.82, 2.24) is 15.3 Å². The largest absolute Gasteiger partial charge is 0.356 e. The zero-order chi connectivity index (χ0) is 12.7. The number of H-pyrrole nitrogens is 1. The first-order valence-electron chi connectivity index (χ1n) is 6.10. The number of nitrogens with zero attached hydrogens (tertiary/aromatic N) is 1. The van der Waals surface area contributed by atoms with Gasteiger partial charge in [0, 0.05) is 37.8 Å². The van der Waals surface area contributed by atoms with E-state index >= 15 is 0 Å². The summed E-state index contributed by atoms with van der Waals surface area (Å²) in [6.07, 6.45) is 5.67. The molecule has 5 heteroatoms. The Bertz CT molecular complexity index is 321. The summed E-state index contributed by atoms with van der Waals surface area (Å²) in [5.41, 5.74) is 5.82. The summed E-state index contributed by atoms with van der Waals surface area (Å²) in [7, 11) is 0. The Morgan fingerprint density at radius 2 is 2.35 bits per heavy atom. The number of rotatable bonds is 7. The van der Waals surface area contributed by atoms with Gasteiger partial charge in [-0.05, 0) is 12.3 Å². The van der Waals surface area contributed by atoms with Crippen molar-refractivity contribution in [3.63, 3.8) is 0 Å². The van der Waals surface area contributed by atoms with Crippen molar-refractivity contribution in [2.75, 3.05) is 6.54 Å². The Morgan fingerprint density at radius 1 is 1.59 bits per heavy atom. The van der Waals surface area contributed by atoms with Crippen LogP contribution >= 0.6 is 0 Å². The van der Waals surface area contributed by atoms with E-state index in [1.165, 1.54) is 0 Å². The van der Waals surface area contributed by atoms with Gasteiger partial charge in [0.2, 0.25) is 5.91 Å². The number of nitrogens with one attached hydrogen (secondary N) is 2. The topological polar surface area (TPSA) is 83.8 Å². The molecule has 0 saturated heterocycles. The van der Waals surface area contributed by atoms with Crippen molar-refractivity contribution in [2.45, 2.75) is 39.2 Å². The summed E-state index contributed by atoms with van der Waals surface area (Å²) in [5, 5.41) is 2.87. The molecular weight excluding hydrogens is 216 g/mol. The van der Waals surface area contributed by atoms with Gasteiger partial charge in [-0.25, -0.2) is 4.98 Å². The van der Waals surface area contributed by atoms with Crippen molar-refractivity contribution < 1.29 is 4.79 Å². The maximum Gasteiger partial charge on any atom is 0.221 e. The highest BCUT2D eigenvalue weighted by molar-refractivity contribution is 5.76. The minimum Gasteiger partial charge on any atom is -0.356 e. The average Bonchev–Trinajstić information content (AvgIpc) is 2.77. The molecule has 0 fully saturated rings. The number of nitrogens with two attached hydrogens (primary N) is 1. The van der Waals surface area contributed by atoms with Gasteiger partial charge in [0.15, 0.2) is 0 Å². The molecule has 0 spiro atoms. The number of hydrogen-bond donors (Lipinski definition) is 3. The molecule has 1 amide bonds. The molecule has 0 aliphatic heterocycles. The van der Waals surface area contributed by atoms with Crippen molar-refractivity contribution in [2.24, 2.45) is 11.7 Å². The molecule has 1 heterocycles. The van der Waals surface area contributed by atoms with Crippen LogP contribution in [0, 0.1) is 5.92 Å². The molecule has 1 rings (SSSR count). The van der Waals surface area contributed by atoms with E-state index in [1.54, 1.807) is 12.4 Å². The number of aryl methyl sites for hydroxylation is 1. The second-order valence-corrected chi connectivity index (χ2v) is 4.60. The van der Waals surface area contributed by atoms with E-state index in [4.69, 9.17) is 5.73 Å². The van der Waals surface area contributed by atoms with Gasteiger partial charge in [0.25, 0.3) is 0 Å². The van der Waals surface area contributed by atoms with E-state index in [0.717, 1.165) is 18.7 Å². The number of carbonyl (C=O) groups excluding carboxylic acids is 1. The maximum absolute atomic E-state index is 11.5. The highest BCUT2D eigenvalue weighted by Gasteiger charge is 2.12. The quantitative estimate of drug-likeness (QED) is 0.615. The van der Waals surface area contributed by atoms with Crippen molar-refractivity contribution in [3.05, 3.63) is 18.2 Å². The first-order chi connectivity index (χ1) is 8.09. The van der Waals surface area contributed by atoms with Gasteiger partial charge in [-0.3, -0.25) is 4.79 Å². The third-order valence-corrected chi connectivity index (χ3v) is 2.74. The van der Waals surface area contributed by atoms with Crippen LogP contribution in [0.1, 0.15) is 32.5 Å². The fourth-order valence-corrected chi connectivity index (χ4v) is 1.44. The fraction of sp³-hybridized carbons (Fsp3) is 0.667.